The quantitative estimate of drug-likeness (QED) is 0.569. The van der Waals surface area contributed by atoms with E-state index in [0.717, 1.165) is 18.8 Å². The maximum absolute atomic E-state index is 10.5. The number of rotatable bonds is 9. The van der Waals surface area contributed by atoms with E-state index in [9.17, 15) is 4.79 Å². The van der Waals surface area contributed by atoms with E-state index in [1.807, 2.05) is 0 Å². The molecule has 0 aliphatic rings. The minimum absolute atomic E-state index is 0.164. The lowest BCUT2D eigenvalue weighted by atomic mass is 9.97. The van der Waals surface area contributed by atoms with Crippen molar-refractivity contribution >= 4 is 5.91 Å². The molecule has 0 aromatic heterocycles. The van der Waals surface area contributed by atoms with Gasteiger partial charge in [0.05, 0.1) is 0 Å². The number of hydrogen-bond acceptors (Lipinski definition) is 1. The zero-order valence-corrected chi connectivity index (χ0v) is 9.72. The molecule has 84 valence electrons. The predicted octanol–water partition coefficient (Wildman–Crippen LogP) is 3.25. The van der Waals surface area contributed by atoms with Gasteiger partial charge in [-0.2, -0.15) is 0 Å². The van der Waals surface area contributed by atoms with Crippen molar-refractivity contribution in [3.8, 4) is 0 Å². The van der Waals surface area contributed by atoms with Crippen LogP contribution in [0.5, 0.6) is 0 Å². The molecule has 1 atom stereocenters. The van der Waals surface area contributed by atoms with Crippen molar-refractivity contribution in [2.24, 2.45) is 11.7 Å². The molecular weight excluding hydrogens is 174 g/mol. The van der Waals surface area contributed by atoms with Gasteiger partial charge in [-0.05, 0) is 12.3 Å². The second-order valence-electron chi connectivity index (χ2n) is 4.31. The third kappa shape index (κ3) is 9.56. The normalized spacial score (nSPS) is 12.7. The standard InChI is InChI=1S/C12H25NO/c1-3-4-5-6-8-11(2)9-7-10-12(13)14/h11H,3-10H2,1-2H3,(H2,13,14). The third-order valence-electron chi connectivity index (χ3n) is 2.67. The zero-order chi connectivity index (χ0) is 10.8. The highest BCUT2D eigenvalue weighted by Gasteiger charge is 2.02. The summed E-state index contributed by atoms with van der Waals surface area (Å²) in [6.07, 6.45) is 9.32. The fraction of sp³-hybridized carbons (Fsp3) is 0.917. The first kappa shape index (κ1) is 13.5. The molecule has 0 bridgehead atoms. The Hall–Kier alpha value is -0.530. The Morgan fingerprint density at radius 3 is 2.36 bits per heavy atom. The van der Waals surface area contributed by atoms with Crippen LogP contribution in [-0.4, -0.2) is 5.91 Å². The van der Waals surface area contributed by atoms with Crippen molar-refractivity contribution < 1.29 is 4.79 Å². The van der Waals surface area contributed by atoms with Crippen LogP contribution < -0.4 is 5.73 Å². The molecule has 0 saturated carbocycles. The summed E-state index contributed by atoms with van der Waals surface area (Å²) in [7, 11) is 0. The van der Waals surface area contributed by atoms with E-state index in [2.05, 4.69) is 13.8 Å². The average molecular weight is 199 g/mol. The first-order valence-corrected chi connectivity index (χ1v) is 5.95. The molecule has 0 aliphatic heterocycles. The van der Waals surface area contributed by atoms with Crippen LogP contribution >= 0.6 is 0 Å². The monoisotopic (exact) mass is 199 g/mol. The molecule has 0 fully saturated rings. The summed E-state index contributed by atoms with van der Waals surface area (Å²) < 4.78 is 0. The molecule has 0 heterocycles. The second-order valence-corrected chi connectivity index (χ2v) is 4.31. The molecule has 0 radical (unpaired) electrons. The fourth-order valence-corrected chi connectivity index (χ4v) is 1.69. The Bertz CT molecular complexity index is 145. The highest BCUT2D eigenvalue weighted by molar-refractivity contribution is 5.73. The predicted molar refractivity (Wildman–Crippen MR) is 61.0 cm³/mol. The Balaban J connectivity index is 3.19. The van der Waals surface area contributed by atoms with Crippen molar-refractivity contribution in [1.82, 2.24) is 0 Å². The molecule has 2 N–H and O–H groups in total. The number of amides is 1. The Morgan fingerprint density at radius 2 is 1.79 bits per heavy atom. The lowest BCUT2D eigenvalue weighted by Crippen LogP contribution is -2.10. The van der Waals surface area contributed by atoms with Gasteiger partial charge < -0.3 is 5.73 Å². The van der Waals surface area contributed by atoms with Gasteiger partial charge in [0.2, 0.25) is 5.91 Å². The number of carbonyl (C=O) groups excluding carboxylic acids is 1. The fourth-order valence-electron chi connectivity index (χ4n) is 1.69. The minimum atomic E-state index is -0.164. The molecule has 14 heavy (non-hydrogen) atoms. The zero-order valence-electron chi connectivity index (χ0n) is 9.72. The summed E-state index contributed by atoms with van der Waals surface area (Å²) >= 11 is 0. The van der Waals surface area contributed by atoms with Crippen molar-refractivity contribution in [3.63, 3.8) is 0 Å². The van der Waals surface area contributed by atoms with Crippen LogP contribution in [0.1, 0.15) is 65.2 Å². The van der Waals surface area contributed by atoms with Crippen LogP contribution in [0.4, 0.5) is 0 Å². The number of unbranched alkanes of at least 4 members (excludes halogenated alkanes) is 3. The number of hydrogen-bond donors (Lipinski definition) is 1. The van der Waals surface area contributed by atoms with Gasteiger partial charge in [0.15, 0.2) is 0 Å². The maximum atomic E-state index is 10.5. The van der Waals surface area contributed by atoms with Crippen LogP contribution in [0.25, 0.3) is 0 Å². The summed E-state index contributed by atoms with van der Waals surface area (Å²) in [5.74, 6) is 0.592. The number of carbonyl (C=O) groups is 1. The van der Waals surface area contributed by atoms with Gasteiger partial charge in [-0.3, -0.25) is 4.79 Å². The van der Waals surface area contributed by atoms with E-state index in [0.29, 0.717) is 6.42 Å². The summed E-state index contributed by atoms with van der Waals surface area (Å²) in [5, 5.41) is 0. The molecule has 0 aliphatic carbocycles. The Labute approximate surface area is 88.3 Å². The minimum Gasteiger partial charge on any atom is -0.370 e. The summed E-state index contributed by atoms with van der Waals surface area (Å²) in [6, 6.07) is 0. The van der Waals surface area contributed by atoms with Crippen LogP contribution in [0, 0.1) is 5.92 Å². The Morgan fingerprint density at radius 1 is 1.14 bits per heavy atom. The summed E-state index contributed by atoms with van der Waals surface area (Å²) in [5.41, 5.74) is 5.08. The van der Waals surface area contributed by atoms with Gasteiger partial charge in [0.1, 0.15) is 0 Å². The van der Waals surface area contributed by atoms with Crippen LogP contribution in [0.2, 0.25) is 0 Å². The van der Waals surface area contributed by atoms with Gasteiger partial charge in [0.25, 0.3) is 0 Å². The summed E-state index contributed by atoms with van der Waals surface area (Å²) in [6.45, 7) is 4.50. The molecular formula is C12H25NO. The molecule has 0 saturated heterocycles. The van der Waals surface area contributed by atoms with Crippen molar-refractivity contribution in [3.05, 3.63) is 0 Å². The molecule has 0 aromatic carbocycles. The van der Waals surface area contributed by atoms with E-state index in [1.165, 1.54) is 32.1 Å². The lowest BCUT2D eigenvalue weighted by Gasteiger charge is -2.09. The van der Waals surface area contributed by atoms with Crippen molar-refractivity contribution in [2.45, 2.75) is 65.2 Å². The van der Waals surface area contributed by atoms with E-state index in [1.54, 1.807) is 0 Å². The van der Waals surface area contributed by atoms with Crippen molar-refractivity contribution in [1.29, 1.82) is 0 Å². The van der Waals surface area contributed by atoms with Crippen LogP contribution in [0.15, 0.2) is 0 Å². The highest BCUT2D eigenvalue weighted by atomic mass is 16.1. The number of primary amides is 1. The van der Waals surface area contributed by atoms with E-state index >= 15 is 0 Å². The van der Waals surface area contributed by atoms with Gasteiger partial charge in [-0.25, -0.2) is 0 Å². The highest BCUT2D eigenvalue weighted by Crippen LogP contribution is 2.16. The molecule has 2 heteroatoms. The Kier molecular flexibility index (Phi) is 8.70. The van der Waals surface area contributed by atoms with Crippen LogP contribution in [0.3, 0.4) is 0 Å². The first-order chi connectivity index (χ1) is 6.66. The molecule has 0 aromatic rings. The topological polar surface area (TPSA) is 43.1 Å². The van der Waals surface area contributed by atoms with E-state index in [4.69, 9.17) is 5.73 Å². The van der Waals surface area contributed by atoms with E-state index < -0.39 is 0 Å². The molecule has 0 rings (SSSR count). The number of nitrogens with two attached hydrogens (primary N) is 1. The van der Waals surface area contributed by atoms with Crippen LogP contribution in [-0.2, 0) is 4.79 Å². The largest absolute Gasteiger partial charge is 0.370 e. The van der Waals surface area contributed by atoms with Gasteiger partial charge in [-0.1, -0.05) is 52.4 Å². The first-order valence-electron chi connectivity index (χ1n) is 5.95. The smallest absolute Gasteiger partial charge is 0.217 e. The average Bonchev–Trinajstić information content (AvgIpc) is 2.12. The molecule has 2 nitrogen and oxygen atoms in total. The van der Waals surface area contributed by atoms with Gasteiger partial charge >= 0.3 is 0 Å². The lowest BCUT2D eigenvalue weighted by molar-refractivity contribution is -0.118. The van der Waals surface area contributed by atoms with E-state index in [-0.39, 0.29) is 5.91 Å². The van der Waals surface area contributed by atoms with Gasteiger partial charge in [0, 0.05) is 6.42 Å². The molecule has 1 amide bonds. The summed E-state index contributed by atoms with van der Waals surface area (Å²) in [4.78, 5) is 10.5. The second kappa shape index (κ2) is 9.04. The SMILES string of the molecule is CCCCCCC(C)CCCC(N)=O. The van der Waals surface area contributed by atoms with Crippen molar-refractivity contribution in [2.75, 3.05) is 0 Å². The third-order valence-corrected chi connectivity index (χ3v) is 2.67. The maximum Gasteiger partial charge on any atom is 0.217 e. The van der Waals surface area contributed by atoms with Gasteiger partial charge in [-0.15, -0.1) is 0 Å². The molecule has 0 spiro atoms. The molecule has 1 unspecified atom stereocenters.